The molecule has 0 aliphatic carbocycles. The Bertz CT molecular complexity index is 848. The number of piperazine rings is 1. The molecule has 0 atom stereocenters. The second-order valence-electron chi connectivity index (χ2n) is 7.84. The van der Waals surface area contributed by atoms with E-state index in [2.05, 4.69) is 4.90 Å². The molecule has 158 valence electrons. The van der Waals surface area contributed by atoms with Crippen molar-refractivity contribution in [2.75, 3.05) is 39.3 Å². The quantitative estimate of drug-likeness (QED) is 0.757. The first-order chi connectivity index (χ1) is 14.5. The van der Waals surface area contributed by atoms with E-state index in [4.69, 9.17) is 0 Å². The third kappa shape index (κ3) is 4.51. The molecule has 0 bridgehead atoms. The van der Waals surface area contributed by atoms with Crippen LogP contribution in [0.2, 0.25) is 0 Å². The Hall–Kier alpha value is -2.80. The van der Waals surface area contributed by atoms with E-state index in [0.29, 0.717) is 39.1 Å². The third-order valence-corrected chi connectivity index (χ3v) is 5.90. The number of carbonyl (C=O) groups excluding carboxylic acids is 2. The zero-order valence-corrected chi connectivity index (χ0v) is 16.8. The standard InChI is InChI=1S/C23H25F2N3O2/c24-19-7-3-17(4-8-19)23(18-5-9-20(25)10-6-18)27-14-12-26(13-15-27)22(30)16-28-11-1-2-21(28)29/h3-10,23H,1-2,11-16H2. The highest BCUT2D eigenvalue weighted by molar-refractivity contribution is 5.85. The Morgan fingerprint density at radius 1 is 0.833 bits per heavy atom. The van der Waals surface area contributed by atoms with Gasteiger partial charge in [-0.2, -0.15) is 0 Å². The fourth-order valence-electron chi connectivity index (χ4n) is 4.27. The van der Waals surface area contributed by atoms with E-state index in [-0.39, 0.29) is 36.0 Å². The molecule has 4 rings (SSSR count). The van der Waals surface area contributed by atoms with E-state index < -0.39 is 0 Å². The second kappa shape index (κ2) is 8.92. The van der Waals surface area contributed by atoms with Gasteiger partial charge in [0.25, 0.3) is 0 Å². The number of amides is 2. The van der Waals surface area contributed by atoms with Crippen LogP contribution in [0.25, 0.3) is 0 Å². The lowest BCUT2D eigenvalue weighted by Gasteiger charge is -2.40. The van der Waals surface area contributed by atoms with Gasteiger partial charge in [-0.1, -0.05) is 24.3 Å². The Morgan fingerprint density at radius 3 is 1.83 bits per heavy atom. The second-order valence-corrected chi connectivity index (χ2v) is 7.84. The van der Waals surface area contributed by atoms with Gasteiger partial charge in [0.05, 0.1) is 12.6 Å². The van der Waals surface area contributed by atoms with Crippen LogP contribution in [0.5, 0.6) is 0 Å². The molecule has 2 aliphatic rings. The summed E-state index contributed by atoms with van der Waals surface area (Å²) >= 11 is 0. The summed E-state index contributed by atoms with van der Waals surface area (Å²) in [5, 5.41) is 0. The minimum Gasteiger partial charge on any atom is -0.339 e. The van der Waals surface area contributed by atoms with Crippen molar-refractivity contribution < 1.29 is 18.4 Å². The SMILES string of the molecule is O=C(CN1CCCC1=O)N1CCN(C(c2ccc(F)cc2)c2ccc(F)cc2)CC1. The predicted octanol–water partition coefficient (Wildman–Crippen LogP) is 2.82. The van der Waals surface area contributed by atoms with Gasteiger partial charge in [-0.15, -0.1) is 0 Å². The lowest BCUT2D eigenvalue weighted by Crippen LogP contribution is -2.52. The molecule has 0 spiro atoms. The average Bonchev–Trinajstić information content (AvgIpc) is 3.16. The number of hydrogen-bond acceptors (Lipinski definition) is 3. The first-order valence-electron chi connectivity index (χ1n) is 10.3. The molecule has 30 heavy (non-hydrogen) atoms. The van der Waals surface area contributed by atoms with E-state index in [1.165, 1.54) is 24.3 Å². The summed E-state index contributed by atoms with van der Waals surface area (Å²) in [6.07, 6.45) is 1.34. The number of halogens is 2. The maximum Gasteiger partial charge on any atom is 0.242 e. The maximum absolute atomic E-state index is 13.4. The van der Waals surface area contributed by atoms with Gasteiger partial charge >= 0.3 is 0 Å². The largest absolute Gasteiger partial charge is 0.339 e. The molecule has 2 aromatic carbocycles. The monoisotopic (exact) mass is 413 g/mol. The summed E-state index contributed by atoms with van der Waals surface area (Å²) in [6, 6.07) is 12.6. The van der Waals surface area contributed by atoms with Gasteiger partial charge in [0.15, 0.2) is 0 Å². The van der Waals surface area contributed by atoms with Crippen molar-refractivity contribution in [2.24, 2.45) is 0 Å². The molecule has 0 radical (unpaired) electrons. The molecular formula is C23H25F2N3O2. The molecule has 0 unspecified atom stereocenters. The zero-order valence-electron chi connectivity index (χ0n) is 16.8. The smallest absolute Gasteiger partial charge is 0.242 e. The normalized spacial score (nSPS) is 17.8. The number of rotatable bonds is 5. The van der Waals surface area contributed by atoms with Crippen molar-refractivity contribution in [3.8, 4) is 0 Å². The minimum absolute atomic E-state index is 0.0231. The van der Waals surface area contributed by atoms with E-state index in [9.17, 15) is 18.4 Å². The number of likely N-dealkylation sites (tertiary alicyclic amines) is 1. The van der Waals surface area contributed by atoms with Gasteiger partial charge < -0.3 is 9.80 Å². The Balaban J connectivity index is 1.46. The molecule has 0 N–H and O–H groups in total. The lowest BCUT2D eigenvalue weighted by atomic mass is 9.96. The average molecular weight is 413 g/mol. The molecule has 5 nitrogen and oxygen atoms in total. The van der Waals surface area contributed by atoms with Crippen molar-refractivity contribution in [2.45, 2.75) is 18.9 Å². The summed E-state index contributed by atoms with van der Waals surface area (Å²) in [5.41, 5.74) is 1.84. The van der Waals surface area contributed by atoms with Crippen LogP contribution in [0.3, 0.4) is 0 Å². The summed E-state index contributed by atoms with van der Waals surface area (Å²) in [4.78, 5) is 30.1. The van der Waals surface area contributed by atoms with E-state index >= 15 is 0 Å². The van der Waals surface area contributed by atoms with Crippen LogP contribution in [-0.2, 0) is 9.59 Å². The number of carbonyl (C=O) groups is 2. The molecule has 0 saturated carbocycles. The summed E-state index contributed by atoms with van der Waals surface area (Å²) < 4.78 is 26.9. The molecule has 2 amide bonds. The van der Waals surface area contributed by atoms with E-state index in [1.54, 1.807) is 34.1 Å². The van der Waals surface area contributed by atoms with Gasteiger partial charge in [0.2, 0.25) is 11.8 Å². The Morgan fingerprint density at radius 2 is 1.37 bits per heavy atom. The molecule has 7 heteroatoms. The Labute approximate surface area is 174 Å². The fraction of sp³-hybridized carbons (Fsp3) is 0.391. The van der Waals surface area contributed by atoms with Crippen LogP contribution in [0.15, 0.2) is 48.5 Å². The van der Waals surface area contributed by atoms with Gasteiger partial charge in [-0.3, -0.25) is 14.5 Å². The van der Waals surface area contributed by atoms with Crippen molar-refractivity contribution >= 4 is 11.8 Å². The lowest BCUT2D eigenvalue weighted by molar-refractivity contribution is -0.139. The van der Waals surface area contributed by atoms with Crippen LogP contribution in [-0.4, -0.2) is 65.8 Å². The molecule has 2 aliphatic heterocycles. The molecule has 2 aromatic rings. The van der Waals surface area contributed by atoms with Gasteiger partial charge in [0.1, 0.15) is 11.6 Å². The van der Waals surface area contributed by atoms with Crippen LogP contribution in [0, 0.1) is 11.6 Å². The number of benzene rings is 2. The molecule has 2 heterocycles. The van der Waals surface area contributed by atoms with Crippen molar-refractivity contribution in [1.82, 2.24) is 14.7 Å². The van der Waals surface area contributed by atoms with Gasteiger partial charge in [-0.25, -0.2) is 8.78 Å². The van der Waals surface area contributed by atoms with Crippen LogP contribution >= 0.6 is 0 Å². The van der Waals surface area contributed by atoms with Gasteiger partial charge in [-0.05, 0) is 41.8 Å². The van der Waals surface area contributed by atoms with Gasteiger partial charge in [0, 0.05) is 39.1 Å². The summed E-state index contributed by atoms with van der Waals surface area (Å²) in [7, 11) is 0. The van der Waals surface area contributed by atoms with Crippen molar-refractivity contribution in [1.29, 1.82) is 0 Å². The van der Waals surface area contributed by atoms with E-state index in [0.717, 1.165) is 17.5 Å². The first kappa shape index (κ1) is 20.5. The van der Waals surface area contributed by atoms with Crippen LogP contribution in [0.4, 0.5) is 8.78 Å². The topological polar surface area (TPSA) is 43.9 Å². The molecular weight excluding hydrogens is 388 g/mol. The molecule has 0 aromatic heterocycles. The van der Waals surface area contributed by atoms with E-state index in [1.807, 2.05) is 0 Å². The predicted molar refractivity (Wildman–Crippen MR) is 109 cm³/mol. The first-order valence-corrected chi connectivity index (χ1v) is 10.3. The third-order valence-electron chi connectivity index (χ3n) is 5.90. The van der Waals surface area contributed by atoms with Crippen molar-refractivity contribution in [3.63, 3.8) is 0 Å². The maximum atomic E-state index is 13.4. The van der Waals surface area contributed by atoms with Crippen molar-refractivity contribution in [3.05, 3.63) is 71.3 Å². The minimum atomic E-state index is -0.302. The fourth-order valence-corrected chi connectivity index (χ4v) is 4.27. The van der Waals surface area contributed by atoms with Crippen LogP contribution in [0.1, 0.15) is 30.0 Å². The highest BCUT2D eigenvalue weighted by Gasteiger charge is 2.30. The summed E-state index contributed by atoms with van der Waals surface area (Å²) in [6.45, 7) is 3.19. The van der Waals surface area contributed by atoms with Crippen LogP contribution < -0.4 is 0 Å². The number of nitrogens with zero attached hydrogens (tertiary/aromatic N) is 3. The zero-order chi connectivity index (χ0) is 21.1. The highest BCUT2D eigenvalue weighted by atomic mass is 19.1. The molecule has 2 fully saturated rings. The summed E-state index contributed by atoms with van der Waals surface area (Å²) in [5.74, 6) is -0.577. The molecule has 2 saturated heterocycles. The number of hydrogen-bond donors (Lipinski definition) is 0. The Kier molecular flexibility index (Phi) is 6.08. The highest BCUT2D eigenvalue weighted by Crippen LogP contribution is 2.30.